The largest absolute Gasteiger partial charge is 0.330 e. The van der Waals surface area contributed by atoms with Crippen molar-refractivity contribution in [2.45, 2.75) is 52.9 Å². The van der Waals surface area contributed by atoms with Crippen LogP contribution in [0.5, 0.6) is 0 Å². The van der Waals surface area contributed by atoms with Gasteiger partial charge in [0.05, 0.1) is 0 Å². The zero-order valence-electron chi connectivity index (χ0n) is 11.2. The van der Waals surface area contributed by atoms with Gasteiger partial charge in [0.1, 0.15) is 0 Å². The lowest BCUT2D eigenvalue weighted by atomic mass is 9.88. The van der Waals surface area contributed by atoms with Gasteiger partial charge in [0.2, 0.25) is 0 Å². The molecule has 0 fully saturated rings. The van der Waals surface area contributed by atoms with Gasteiger partial charge in [-0.05, 0) is 51.4 Å². The van der Waals surface area contributed by atoms with Crippen LogP contribution in [0.15, 0.2) is 0 Å². The van der Waals surface area contributed by atoms with Crippen molar-refractivity contribution in [3.05, 3.63) is 0 Å². The number of hydrogen-bond acceptors (Lipinski definition) is 2. The van der Waals surface area contributed by atoms with E-state index in [0.717, 1.165) is 6.54 Å². The van der Waals surface area contributed by atoms with Crippen LogP contribution in [0.25, 0.3) is 0 Å². The second-order valence-electron chi connectivity index (χ2n) is 5.48. The van der Waals surface area contributed by atoms with Gasteiger partial charge < -0.3 is 10.6 Å². The summed E-state index contributed by atoms with van der Waals surface area (Å²) >= 11 is 0. The Morgan fingerprint density at radius 3 is 2.20 bits per heavy atom. The van der Waals surface area contributed by atoms with E-state index < -0.39 is 0 Å². The van der Waals surface area contributed by atoms with Crippen LogP contribution >= 0.6 is 0 Å². The van der Waals surface area contributed by atoms with Crippen LogP contribution in [0.1, 0.15) is 52.9 Å². The first kappa shape index (κ1) is 14.9. The van der Waals surface area contributed by atoms with E-state index in [1.807, 2.05) is 0 Å². The molecule has 15 heavy (non-hydrogen) atoms. The average Bonchev–Trinajstić information content (AvgIpc) is 2.18. The van der Waals surface area contributed by atoms with E-state index in [0.29, 0.717) is 5.41 Å². The molecule has 0 aromatic rings. The summed E-state index contributed by atoms with van der Waals surface area (Å²) in [7, 11) is 2.23. The predicted molar refractivity (Wildman–Crippen MR) is 69.1 cm³/mol. The Balaban J connectivity index is 3.42. The monoisotopic (exact) mass is 214 g/mol. The Bertz CT molecular complexity index is 143. The normalized spacial score (nSPS) is 12.4. The summed E-state index contributed by atoms with van der Waals surface area (Å²) in [5.74, 6) is 0. The summed E-state index contributed by atoms with van der Waals surface area (Å²) in [4.78, 5) is 2.45. The van der Waals surface area contributed by atoms with E-state index in [2.05, 4.69) is 32.7 Å². The molecule has 0 aromatic carbocycles. The topological polar surface area (TPSA) is 29.3 Å². The van der Waals surface area contributed by atoms with Gasteiger partial charge in [-0.15, -0.1) is 0 Å². The third kappa shape index (κ3) is 8.88. The van der Waals surface area contributed by atoms with Gasteiger partial charge >= 0.3 is 0 Å². The molecular weight excluding hydrogens is 184 g/mol. The standard InChI is InChI=1S/C13H30N2/c1-5-6-7-10-15(4)11-8-9-13(2,3)12-14/h5-12,14H2,1-4H3. The van der Waals surface area contributed by atoms with Crippen LogP contribution in [-0.4, -0.2) is 31.6 Å². The molecule has 0 aliphatic rings. The van der Waals surface area contributed by atoms with Crippen molar-refractivity contribution in [2.24, 2.45) is 11.1 Å². The highest BCUT2D eigenvalue weighted by atomic mass is 15.1. The number of rotatable bonds is 9. The minimum atomic E-state index is 0.324. The third-order valence-electron chi connectivity index (χ3n) is 3.09. The second kappa shape index (κ2) is 8.12. The molecule has 0 aliphatic carbocycles. The highest BCUT2D eigenvalue weighted by molar-refractivity contribution is 4.69. The minimum Gasteiger partial charge on any atom is -0.330 e. The van der Waals surface area contributed by atoms with Crippen LogP contribution in [0.4, 0.5) is 0 Å². The van der Waals surface area contributed by atoms with E-state index in [9.17, 15) is 0 Å². The fourth-order valence-electron chi connectivity index (χ4n) is 1.67. The van der Waals surface area contributed by atoms with Crippen molar-refractivity contribution in [3.8, 4) is 0 Å². The van der Waals surface area contributed by atoms with E-state index in [4.69, 9.17) is 5.73 Å². The average molecular weight is 214 g/mol. The molecule has 0 unspecified atom stereocenters. The van der Waals surface area contributed by atoms with Gasteiger partial charge in [0.25, 0.3) is 0 Å². The smallest absolute Gasteiger partial charge is 0.00216 e. The number of nitrogens with two attached hydrogens (primary N) is 1. The lowest BCUT2D eigenvalue weighted by molar-refractivity contribution is 0.274. The van der Waals surface area contributed by atoms with Crippen LogP contribution in [0.3, 0.4) is 0 Å². The summed E-state index contributed by atoms with van der Waals surface area (Å²) in [6, 6.07) is 0. The Morgan fingerprint density at radius 1 is 1.07 bits per heavy atom. The van der Waals surface area contributed by atoms with Crippen molar-refractivity contribution < 1.29 is 0 Å². The summed E-state index contributed by atoms with van der Waals surface area (Å²) in [5.41, 5.74) is 6.03. The molecule has 0 amide bonds. The molecule has 92 valence electrons. The van der Waals surface area contributed by atoms with Crippen molar-refractivity contribution in [3.63, 3.8) is 0 Å². The van der Waals surface area contributed by atoms with Gasteiger partial charge in [-0.3, -0.25) is 0 Å². The van der Waals surface area contributed by atoms with Gasteiger partial charge in [-0.1, -0.05) is 33.6 Å². The van der Waals surface area contributed by atoms with Crippen LogP contribution < -0.4 is 5.73 Å². The molecule has 0 heterocycles. The molecule has 0 saturated carbocycles. The minimum absolute atomic E-state index is 0.324. The lowest BCUT2D eigenvalue weighted by Crippen LogP contribution is -2.26. The maximum absolute atomic E-state index is 5.71. The maximum atomic E-state index is 5.71. The predicted octanol–water partition coefficient (Wildman–Crippen LogP) is 2.87. The van der Waals surface area contributed by atoms with Crippen molar-refractivity contribution in [1.29, 1.82) is 0 Å². The molecule has 0 spiro atoms. The Kier molecular flexibility index (Phi) is 8.07. The molecule has 0 bridgehead atoms. The highest BCUT2D eigenvalue weighted by Gasteiger charge is 2.14. The molecule has 0 aliphatic heterocycles. The summed E-state index contributed by atoms with van der Waals surface area (Å²) in [6.07, 6.45) is 6.52. The van der Waals surface area contributed by atoms with Gasteiger partial charge in [-0.25, -0.2) is 0 Å². The van der Waals surface area contributed by atoms with Crippen molar-refractivity contribution in [1.82, 2.24) is 4.90 Å². The van der Waals surface area contributed by atoms with Gasteiger partial charge in [0.15, 0.2) is 0 Å². The quantitative estimate of drug-likeness (QED) is 0.598. The highest BCUT2D eigenvalue weighted by Crippen LogP contribution is 2.20. The van der Waals surface area contributed by atoms with Crippen LogP contribution in [-0.2, 0) is 0 Å². The van der Waals surface area contributed by atoms with E-state index >= 15 is 0 Å². The Labute approximate surface area is 96.2 Å². The molecule has 0 radical (unpaired) electrons. The number of unbranched alkanes of at least 4 members (excludes halogenated alkanes) is 2. The summed E-state index contributed by atoms with van der Waals surface area (Å²) in [6.45, 7) is 10.0. The zero-order valence-corrected chi connectivity index (χ0v) is 11.2. The van der Waals surface area contributed by atoms with Gasteiger partial charge in [0, 0.05) is 0 Å². The summed E-state index contributed by atoms with van der Waals surface area (Å²) in [5, 5.41) is 0. The first-order chi connectivity index (χ1) is 7.02. The molecule has 2 heteroatoms. The molecule has 0 saturated heterocycles. The molecule has 0 aromatic heterocycles. The molecule has 0 rings (SSSR count). The summed E-state index contributed by atoms with van der Waals surface area (Å²) < 4.78 is 0. The van der Waals surface area contributed by atoms with Crippen molar-refractivity contribution >= 4 is 0 Å². The second-order valence-corrected chi connectivity index (χ2v) is 5.48. The first-order valence-electron chi connectivity index (χ1n) is 6.40. The molecule has 2 N–H and O–H groups in total. The zero-order chi connectivity index (χ0) is 11.7. The maximum Gasteiger partial charge on any atom is -0.00216 e. The van der Waals surface area contributed by atoms with E-state index in [1.54, 1.807) is 0 Å². The van der Waals surface area contributed by atoms with E-state index in [-0.39, 0.29) is 0 Å². The van der Waals surface area contributed by atoms with Crippen molar-refractivity contribution in [2.75, 3.05) is 26.7 Å². The first-order valence-corrected chi connectivity index (χ1v) is 6.40. The number of hydrogen-bond donors (Lipinski definition) is 1. The molecule has 2 nitrogen and oxygen atoms in total. The Morgan fingerprint density at radius 2 is 1.67 bits per heavy atom. The SMILES string of the molecule is CCCCCN(C)CCCC(C)(C)CN. The number of nitrogens with zero attached hydrogens (tertiary/aromatic N) is 1. The Hall–Kier alpha value is -0.0800. The third-order valence-corrected chi connectivity index (χ3v) is 3.09. The van der Waals surface area contributed by atoms with Crippen LogP contribution in [0.2, 0.25) is 0 Å². The fourth-order valence-corrected chi connectivity index (χ4v) is 1.67. The molecule has 0 atom stereocenters. The fraction of sp³-hybridized carbons (Fsp3) is 1.00. The van der Waals surface area contributed by atoms with Crippen LogP contribution in [0, 0.1) is 5.41 Å². The van der Waals surface area contributed by atoms with E-state index in [1.165, 1.54) is 45.2 Å². The van der Waals surface area contributed by atoms with Gasteiger partial charge in [-0.2, -0.15) is 0 Å². The molecular formula is C13H30N2. The lowest BCUT2D eigenvalue weighted by Gasteiger charge is -2.24.